The molecule has 0 aromatic heterocycles. The number of rotatable bonds is 6. The molecule has 0 saturated carbocycles. The Kier molecular flexibility index (Phi) is 7.89. The van der Waals surface area contributed by atoms with Gasteiger partial charge < -0.3 is 14.5 Å². The first kappa shape index (κ1) is 22.8. The quantitative estimate of drug-likeness (QED) is 0.717. The number of likely N-dealkylation sites (tertiary alicyclic amines) is 1. The molecule has 166 valence electrons. The van der Waals surface area contributed by atoms with Crippen LogP contribution in [0.2, 0.25) is 0 Å². The summed E-state index contributed by atoms with van der Waals surface area (Å²) in [6.45, 7) is 10.5. The molecule has 2 fully saturated rings. The largest absolute Gasteiger partial charge is 0.381 e. The van der Waals surface area contributed by atoms with Gasteiger partial charge in [0.05, 0.1) is 0 Å². The lowest BCUT2D eigenvalue weighted by Gasteiger charge is -2.44. The lowest BCUT2D eigenvalue weighted by molar-refractivity contribution is -0.131. The highest BCUT2D eigenvalue weighted by atomic mass is 16.5. The number of piperidine rings is 1. The van der Waals surface area contributed by atoms with Gasteiger partial charge in [0.25, 0.3) is 5.91 Å². The van der Waals surface area contributed by atoms with Crippen molar-refractivity contribution in [2.24, 2.45) is 0 Å². The normalized spacial score (nSPS) is 20.4. The highest BCUT2D eigenvalue weighted by molar-refractivity contribution is 5.94. The molecule has 0 N–H and O–H groups in total. The Morgan fingerprint density at radius 1 is 1.03 bits per heavy atom. The van der Waals surface area contributed by atoms with Crippen molar-refractivity contribution in [2.75, 3.05) is 46.4 Å². The lowest BCUT2D eigenvalue weighted by atomic mass is 9.98. The molecule has 2 amide bonds. The number of nitrogens with zero attached hydrogens (tertiary/aromatic N) is 3. The number of amides is 2. The molecule has 1 aromatic rings. The fraction of sp³-hybridized carbons (Fsp3) is 0.667. The molecule has 2 heterocycles. The number of likely N-dealkylation sites (N-methyl/N-ethyl adjacent to an activating group) is 1. The van der Waals surface area contributed by atoms with Gasteiger partial charge in [-0.2, -0.15) is 0 Å². The maximum absolute atomic E-state index is 13.0. The van der Waals surface area contributed by atoms with Crippen molar-refractivity contribution in [1.82, 2.24) is 14.7 Å². The van der Waals surface area contributed by atoms with E-state index in [1.807, 2.05) is 42.8 Å². The number of carbonyl (C=O) groups is 2. The van der Waals surface area contributed by atoms with Gasteiger partial charge in [-0.15, -0.1) is 0 Å². The van der Waals surface area contributed by atoms with Crippen LogP contribution >= 0.6 is 0 Å². The maximum Gasteiger partial charge on any atom is 0.253 e. The van der Waals surface area contributed by atoms with Crippen LogP contribution in [0.15, 0.2) is 18.2 Å². The summed E-state index contributed by atoms with van der Waals surface area (Å²) in [5.41, 5.74) is 2.98. The second-order valence-electron chi connectivity index (χ2n) is 8.95. The van der Waals surface area contributed by atoms with Crippen LogP contribution in [-0.2, 0) is 9.53 Å². The number of carbonyl (C=O) groups excluding carboxylic acids is 2. The van der Waals surface area contributed by atoms with Gasteiger partial charge in [0.2, 0.25) is 5.91 Å². The van der Waals surface area contributed by atoms with E-state index in [4.69, 9.17) is 4.74 Å². The predicted octanol–water partition coefficient (Wildman–Crippen LogP) is 2.87. The van der Waals surface area contributed by atoms with E-state index in [0.717, 1.165) is 75.2 Å². The van der Waals surface area contributed by atoms with E-state index in [-0.39, 0.29) is 11.8 Å². The molecule has 6 heteroatoms. The summed E-state index contributed by atoms with van der Waals surface area (Å²) in [7, 11) is 1.89. The first-order valence-electron chi connectivity index (χ1n) is 11.3. The van der Waals surface area contributed by atoms with Crippen LogP contribution in [-0.4, -0.2) is 85.0 Å². The average Bonchev–Trinajstić information content (AvgIpc) is 2.73. The van der Waals surface area contributed by atoms with Crippen molar-refractivity contribution in [3.63, 3.8) is 0 Å². The van der Waals surface area contributed by atoms with Gasteiger partial charge in [0.1, 0.15) is 0 Å². The third-order valence-corrected chi connectivity index (χ3v) is 6.48. The minimum absolute atomic E-state index is 0.0720. The van der Waals surface area contributed by atoms with Crippen LogP contribution in [0.4, 0.5) is 0 Å². The summed E-state index contributed by atoms with van der Waals surface area (Å²) in [5, 5.41) is 0. The number of aryl methyl sites for hydroxylation is 2. The summed E-state index contributed by atoms with van der Waals surface area (Å²) in [5.74, 6) is 0.233. The van der Waals surface area contributed by atoms with Crippen LogP contribution in [0.3, 0.4) is 0 Å². The monoisotopic (exact) mass is 415 g/mol. The van der Waals surface area contributed by atoms with Gasteiger partial charge in [-0.05, 0) is 51.7 Å². The van der Waals surface area contributed by atoms with Crippen molar-refractivity contribution < 1.29 is 14.3 Å². The Bertz CT molecular complexity index is 725. The fourth-order valence-electron chi connectivity index (χ4n) is 4.88. The molecule has 0 spiro atoms. The Morgan fingerprint density at radius 2 is 1.70 bits per heavy atom. The van der Waals surface area contributed by atoms with E-state index in [1.165, 1.54) is 0 Å². The molecule has 0 aliphatic carbocycles. The first-order chi connectivity index (χ1) is 14.3. The number of ether oxygens (including phenoxy) is 1. The SMILES string of the molecule is CC(=O)N1CCCC(N(CCN(C)C(=O)c2cc(C)cc(C)c2)C2CCOCC2)C1. The van der Waals surface area contributed by atoms with Crippen molar-refractivity contribution in [3.05, 3.63) is 34.9 Å². The topological polar surface area (TPSA) is 53.1 Å². The highest BCUT2D eigenvalue weighted by Gasteiger charge is 2.32. The van der Waals surface area contributed by atoms with E-state index in [9.17, 15) is 9.59 Å². The molecule has 1 atom stereocenters. The third-order valence-electron chi connectivity index (χ3n) is 6.48. The Balaban J connectivity index is 1.67. The minimum Gasteiger partial charge on any atom is -0.381 e. The molecule has 2 saturated heterocycles. The Labute approximate surface area is 181 Å². The van der Waals surface area contributed by atoms with Crippen molar-refractivity contribution >= 4 is 11.8 Å². The van der Waals surface area contributed by atoms with Crippen LogP contribution in [0.5, 0.6) is 0 Å². The Morgan fingerprint density at radius 3 is 2.33 bits per heavy atom. The second kappa shape index (κ2) is 10.4. The maximum atomic E-state index is 13.0. The number of hydrogen-bond acceptors (Lipinski definition) is 4. The van der Waals surface area contributed by atoms with Gasteiger partial charge >= 0.3 is 0 Å². The van der Waals surface area contributed by atoms with Gasteiger partial charge in [-0.3, -0.25) is 14.5 Å². The molecule has 1 unspecified atom stereocenters. The summed E-state index contributed by atoms with van der Waals surface area (Å²) >= 11 is 0. The molecule has 0 bridgehead atoms. The Hall–Kier alpha value is -1.92. The van der Waals surface area contributed by atoms with Crippen LogP contribution in [0, 0.1) is 13.8 Å². The van der Waals surface area contributed by atoms with Gasteiger partial charge in [0.15, 0.2) is 0 Å². The first-order valence-corrected chi connectivity index (χ1v) is 11.3. The molecular formula is C24H37N3O3. The highest BCUT2D eigenvalue weighted by Crippen LogP contribution is 2.23. The predicted molar refractivity (Wildman–Crippen MR) is 119 cm³/mol. The van der Waals surface area contributed by atoms with Gasteiger partial charge in [-0.25, -0.2) is 0 Å². The van der Waals surface area contributed by atoms with Crippen LogP contribution in [0.25, 0.3) is 0 Å². The summed E-state index contributed by atoms with van der Waals surface area (Å²) in [4.78, 5) is 31.3. The van der Waals surface area contributed by atoms with Crippen LogP contribution < -0.4 is 0 Å². The van der Waals surface area contributed by atoms with Crippen molar-refractivity contribution in [1.29, 1.82) is 0 Å². The molecule has 2 aliphatic rings. The number of hydrogen-bond donors (Lipinski definition) is 0. The zero-order chi connectivity index (χ0) is 21.7. The zero-order valence-corrected chi connectivity index (χ0v) is 19.0. The molecule has 30 heavy (non-hydrogen) atoms. The smallest absolute Gasteiger partial charge is 0.253 e. The van der Waals surface area contributed by atoms with Crippen molar-refractivity contribution in [3.8, 4) is 0 Å². The van der Waals surface area contributed by atoms with E-state index < -0.39 is 0 Å². The number of benzene rings is 1. The van der Waals surface area contributed by atoms with E-state index >= 15 is 0 Å². The molecule has 6 nitrogen and oxygen atoms in total. The summed E-state index contributed by atoms with van der Waals surface area (Å²) in [6.07, 6.45) is 4.19. The fourth-order valence-corrected chi connectivity index (χ4v) is 4.88. The molecule has 2 aliphatic heterocycles. The lowest BCUT2D eigenvalue weighted by Crippen LogP contribution is -2.55. The van der Waals surface area contributed by atoms with Gasteiger partial charge in [0, 0.05) is 71.0 Å². The van der Waals surface area contributed by atoms with E-state index in [2.05, 4.69) is 11.0 Å². The van der Waals surface area contributed by atoms with Crippen LogP contribution in [0.1, 0.15) is 54.1 Å². The molecule has 1 aromatic carbocycles. The standard InChI is InChI=1S/C24H37N3O3/c1-18-14-19(2)16-21(15-18)24(29)25(4)10-11-27(22-7-12-30-13-8-22)23-6-5-9-26(17-23)20(3)28/h14-16,22-23H,5-13,17H2,1-4H3. The summed E-state index contributed by atoms with van der Waals surface area (Å²) < 4.78 is 5.58. The van der Waals surface area contributed by atoms with Gasteiger partial charge in [-0.1, -0.05) is 17.2 Å². The molecular weight excluding hydrogens is 378 g/mol. The van der Waals surface area contributed by atoms with E-state index in [1.54, 1.807) is 6.92 Å². The summed E-state index contributed by atoms with van der Waals surface area (Å²) in [6, 6.07) is 6.84. The zero-order valence-electron chi connectivity index (χ0n) is 19.0. The molecule has 3 rings (SSSR count). The van der Waals surface area contributed by atoms with E-state index in [0.29, 0.717) is 18.6 Å². The third kappa shape index (κ3) is 5.82. The average molecular weight is 416 g/mol. The second-order valence-corrected chi connectivity index (χ2v) is 8.95. The minimum atomic E-state index is 0.0720. The van der Waals surface area contributed by atoms with Crippen molar-refractivity contribution in [2.45, 2.75) is 58.5 Å². The molecule has 0 radical (unpaired) electrons.